The molecule has 2 aliphatic heterocycles. The zero-order valence-electron chi connectivity index (χ0n) is 19.2. The molecule has 5 heterocycles. The van der Waals surface area contributed by atoms with Crippen molar-refractivity contribution in [3.8, 4) is 0 Å². The lowest BCUT2D eigenvalue weighted by Gasteiger charge is -2.48. The second-order valence-corrected chi connectivity index (χ2v) is 11.2. The third-order valence-corrected chi connectivity index (χ3v) is 7.37. The number of carbonyl (C=O) groups is 1. The first-order valence-corrected chi connectivity index (χ1v) is 12.0. The van der Waals surface area contributed by atoms with Gasteiger partial charge in [-0.05, 0) is 39.7 Å². The van der Waals surface area contributed by atoms with Crippen LogP contribution in [0.15, 0.2) is 24.8 Å². The molecule has 2 fully saturated rings. The van der Waals surface area contributed by atoms with E-state index < -0.39 is 11.7 Å². The molecule has 0 atom stereocenters. The third-order valence-electron chi connectivity index (χ3n) is 6.19. The van der Waals surface area contributed by atoms with E-state index in [-0.39, 0.29) is 0 Å². The number of fused-ring (bicyclic) bond motifs is 1. The Hall–Kier alpha value is -2.52. The van der Waals surface area contributed by atoms with Gasteiger partial charge in [-0.25, -0.2) is 14.8 Å². The molecule has 0 unspecified atom stereocenters. The summed E-state index contributed by atoms with van der Waals surface area (Å²) in [6.07, 6.45) is 7.01. The van der Waals surface area contributed by atoms with Crippen LogP contribution < -0.4 is 4.90 Å². The number of hydrogen-bond donors (Lipinski definition) is 0. The van der Waals surface area contributed by atoms with Crippen molar-refractivity contribution in [2.24, 2.45) is 5.41 Å². The quantitative estimate of drug-likeness (QED) is 0.591. The molecule has 0 bridgehead atoms. The number of likely N-dealkylation sites (tertiary alicyclic amines) is 1. The number of hydrogen-bond acceptors (Lipinski definition) is 8. The molecule has 5 rings (SSSR count). The van der Waals surface area contributed by atoms with Crippen LogP contribution >= 0.6 is 11.3 Å². The van der Waals surface area contributed by atoms with Crippen LogP contribution in [0.5, 0.6) is 0 Å². The summed E-state index contributed by atoms with van der Waals surface area (Å²) in [6.45, 7) is 12.7. The Morgan fingerprint density at radius 1 is 1.25 bits per heavy atom. The van der Waals surface area contributed by atoms with Gasteiger partial charge >= 0.3 is 6.09 Å². The second kappa shape index (κ2) is 7.81. The highest BCUT2D eigenvalue weighted by atomic mass is 32.1. The van der Waals surface area contributed by atoms with Crippen molar-refractivity contribution in [2.45, 2.75) is 52.7 Å². The van der Waals surface area contributed by atoms with Gasteiger partial charge in [0, 0.05) is 54.8 Å². The standard InChI is InChI=1S/C23H30N6O2S/c1-5-17-8-18-19(24-15-25-20(18)32-17)28-7-6-23(14-28)12-27(13-23)10-16-9-26-29(11-16)21(30)31-22(2,3)4/h8-9,11,15H,5-7,10,12-14H2,1-4H3. The zero-order chi connectivity index (χ0) is 22.5. The molecule has 0 N–H and O–H groups in total. The van der Waals surface area contributed by atoms with Crippen molar-refractivity contribution in [3.63, 3.8) is 0 Å². The molecule has 2 aliphatic rings. The summed E-state index contributed by atoms with van der Waals surface area (Å²) in [5.41, 5.74) is 0.822. The molecule has 32 heavy (non-hydrogen) atoms. The SMILES string of the molecule is CCc1cc2c(N3CCC4(CN(Cc5cnn(C(=O)OC(C)(C)C)c5)C4)C3)ncnc2s1. The van der Waals surface area contributed by atoms with Gasteiger partial charge in [-0.3, -0.25) is 4.90 Å². The van der Waals surface area contributed by atoms with E-state index in [9.17, 15) is 4.79 Å². The topological polar surface area (TPSA) is 76.4 Å². The molecule has 0 amide bonds. The number of aromatic nitrogens is 4. The van der Waals surface area contributed by atoms with Crippen LogP contribution in [0.3, 0.4) is 0 Å². The molecule has 0 radical (unpaired) electrons. The largest absolute Gasteiger partial charge is 0.442 e. The van der Waals surface area contributed by atoms with Crippen LogP contribution in [0, 0.1) is 5.41 Å². The fraction of sp³-hybridized carbons (Fsp3) is 0.565. The van der Waals surface area contributed by atoms with Crippen LogP contribution in [-0.2, 0) is 17.7 Å². The lowest BCUT2D eigenvalue weighted by molar-refractivity contribution is 0.0116. The Morgan fingerprint density at radius 3 is 2.81 bits per heavy atom. The summed E-state index contributed by atoms with van der Waals surface area (Å²) in [5, 5.41) is 5.38. The van der Waals surface area contributed by atoms with E-state index in [1.54, 1.807) is 30.1 Å². The van der Waals surface area contributed by atoms with Gasteiger partial charge in [-0.1, -0.05) is 6.92 Å². The second-order valence-electron chi connectivity index (χ2n) is 10.1. The average molecular weight is 455 g/mol. The van der Waals surface area contributed by atoms with Crippen LogP contribution in [0.2, 0.25) is 0 Å². The molecule has 1 spiro atoms. The third kappa shape index (κ3) is 4.11. The Morgan fingerprint density at radius 2 is 2.06 bits per heavy atom. The fourth-order valence-corrected chi connectivity index (χ4v) is 5.75. The van der Waals surface area contributed by atoms with Crippen molar-refractivity contribution < 1.29 is 9.53 Å². The van der Waals surface area contributed by atoms with Crippen LogP contribution in [0.4, 0.5) is 10.6 Å². The number of nitrogens with zero attached hydrogens (tertiary/aromatic N) is 6. The Kier molecular flexibility index (Phi) is 5.21. The molecular formula is C23H30N6O2S. The van der Waals surface area contributed by atoms with Crippen molar-refractivity contribution in [1.29, 1.82) is 0 Å². The van der Waals surface area contributed by atoms with E-state index in [2.05, 4.69) is 37.9 Å². The zero-order valence-corrected chi connectivity index (χ0v) is 20.0. The maximum atomic E-state index is 12.2. The minimum absolute atomic E-state index is 0.321. The number of ether oxygens (including phenoxy) is 1. The molecule has 170 valence electrons. The molecule has 2 saturated heterocycles. The molecule has 9 heteroatoms. The molecule has 3 aromatic rings. The van der Waals surface area contributed by atoms with Crippen molar-refractivity contribution in [1.82, 2.24) is 24.6 Å². The number of anilines is 1. The first-order valence-electron chi connectivity index (χ1n) is 11.2. The van der Waals surface area contributed by atoms with Gasteiger partial charge in [0.2, 0.25) is 0 Å². The Balaban J connectivity index is 1.20. The van der Waals surface area contributed by atoms with E-state index in [1.807, 2.05) is 20.8 Å². The summed E-state index contributed by atoms with van der Waals surface area (Å²) >= 11 is 1.77. The van der Waals surface area contributed by atoms with Crippen LogP contribution in [-0.4, -0.2) is 62.5 Å². The van der Waals surface area contributed by atoms with Gasteiger partial charge < -0.3 is 9.64 Å². The molecule has 0 aliphatic carbocycles. The summed E-state index contributed by atoms with van der Waals surface area (Å²) in [4.78, 5) is 28.6. The van der Waals surface area contributed by atoms with Gasteiger partial charge in [0.05, 0.1) is 11.6 Å². The van der Waals surface area contributed by atoms with E-state index in [1.165, 1.54) is 21.4 Å². The van der Waals surface area contributed by atoms with Crippen molar-refractivity contribution in [2.75, 3.05) is 31.1 Å². The first kappa shape index (κ1) is 21.3. The van der Waals surface area contributed by atoms with Gasteiger partial charge in [-0.2, -0.15) is 9.78 Å². The predicted molar refractivity (Wildman–Crippen MR) is 125 cm³/mol. The first-order chi connectivity index (χ1) is 15.2. The molecular weight excluding hydrogens is 424 g/mol. The molecule has 3 aromatic heterocycles. The van der Waals surface area contributed by atoms with E-state index in [0.29, 0.717) is 5.41 Å². The highest BCUT2D eigenvalue weighted by Gasteiger charge is 2.48. The predicted octanol–water partition coefficient (Wildman–Crippen LogP) is 3.95. The van der Waals surface area contributed by atoms with Gasteiger partial charge in [0.1, 0.15) is 22.6 Å². The maximum Gasteiger partial charge on any atom is 0.435 e. The smallest absolute Gasteiger partial charge is 0.435 e. The number of thiophene rings is 1. The van der Waals surface area contributed by atoms with E-state index in [0.717, 1.165) is 55.4 Å². The number of carbonyl (C=O) groups excluding carboxylic acids is 1. The van der Waals surface area contributed by atoms with Crippen LogP contribution in [0.25, 0.3) is 10.2 Å². The lowest BCUT2D eigenvalue weighted by Crippen LogP contribution is -2.56. The summed E-state index contributed by atoms with van der Waals surface area (Å²) in [6, 6.07) is 2.26. The maximum absolute atomic E-state index is 12.2. The highest BCUT2D eigenvalue weighted by Crippen LogP contribution is 2.43. The monoisotopic (exact) mass is 454 g/mol. The van der Waals surface area contributed by atoms with Gasteiger partial charge in [0.15, 0.2) is 0 Å². The minimum Gasteiger partial charge on any atom is -0.442 e. The summed E-state index contributed by atoms with van der Waals surface area (Å²) in [7, 11) is 0. The lowest BCUT2D eigenvalue weighted by atomic mass is 9.79. The Bertz CT molecular complexity index is 1140. The van der Waals surface area contributed by atoms with Crippen molar-refractivity contribution in [3.05, 3.63) is 35.2 Å². The molecule has 8 nitrogen and oxygen atoms in total. The normalized spacial score (nSPS) is 18.4. The Labute approximate surface area is 192 Å². The van der Waals surface area contributed by atoms with E-state index >= 15 is 0 Å². The van der Waals surface area contributed by atoms with Crippen LogP contribution in [0.1, 0.15) is 44.6 Å². The summed E-state index contributed by atoms with van der Waals surface area (Å²) < 4.78 is 6.68. The average Bonchev–Trinajstić information content (AvgIpc) is 3.43. The molecule has 0 saturated carbocycles. The van der Waals surface area contributed by atoms with Gasteiger partial charge in [-0.15, -0.1) is 11.3 Å². The van der Waals surface area contributed by atoms with Crippen molar-refractivity contribution >= 4 is 33.5 Å². The molecule has 0 aromatic carbocycles. The highest BCUT2D eigenvalue weighted by molar-refractivity contribution is 7.18. The van der Waals surface area contributed by atoms with Gasteiger partial charge in [0.25, 0.3) is 0 Å². The fourth-order valence-electron chi connectivity index (χ4n) is 4.82. The number of rotatable bonds is 4. The number of aryl methyl sites for hydroxylation is 1. The summed E-state index contributed by atoms with van der Waals surface area (Å²) in [5.74, 6) is 1.08. The van der Waals surface area contributed by atoms with E-state index in [4.69, 9.17) is 4.74 Å². The minimum atomic E-state index is -0.530.